The minimum atomic E-state index is 0.386. The van der Waals surface area contributed by atoms with Crippen LogP contribution in [0.1, 0.15) is 31.1 Å². The lowest BCUT2D eigenvalue weighted by molar-refractivity contribution is 0.373. The molecule has 0 aliphatic heterocycles. The molecule has 0 aliphatic rings. The van der Waals surface area contributed by atoms with Gasteiger partial charge in [0.05, 0.1) is 0 Å². The van der Waals surface area contributed by atoms with Gasteiger partial charge in [-0.15, -0.1) is 0 Å². The second-order valence-corrected chi connectivity index (χ2v) is 4.14. The summed E-state index contributed by atoms with van der Waals surface area (Å²) in [6.45, 7) is 6.27. The maximum atomic E-state index is 5.26. The third kappa shape index (κ3) is 2.09. The van der Waals surface area contributed by atoms with Crippen LogP contribution in [0.2, 0.25) is 0 Å². The molecule has 2 nitrogen and oxygen atoms in total. The first-order valence-electron chi connectivity index (χ1n) is 5.20. The fourth-order valence-corrected chi connectivity index (χ4v) is 1.42. The summed E-state index contributed by atoms with van der Waals surface area (Å²) < 4.78 is 5.26. The lowest BCUT2D eigenvalue weighted by atomic mass is 10.1. The van der Waals surface area contributed by atoms with E-state index in [9.17, 15) is 0 Å². The zero-order chi connectivity index (χ0) is 10.8. The number of hydrogen-bond acceptors (Lipinski definition) is 2. The fourth-order valence-electron chi connectivity index (χ4n) is 1.42. The quantitative estimate of drug-likeness (QED) is 0.739. The lowest BCUT2D eigenvalue weighted by Gasteiger charge is -1.96. The third-order valence-electron chi connectivity index (χ3n) is 2.44. The van der Waals surface area contributed by atoms with Crippen molar-refractivity contribution in [2.24, 2.45) is 0 Å². The van der Waals surface area contributed by atoms with Crippen LogP contribution < -0.4 is 0 Å². The summed E-state index contributed by atoms with van der Waals surface area (Å²) in [5, 5.41) is 4.06. The minimum absolute atomic E-state index is 0.386. The fraction of sp³-hybridized carbons (Fsp3) is 0.308. The van der Waals surface area contributed by atoms with Gasteiger partial charge in [0, 0.05) is 17.5 Å². The Morgan fingerprint density at radius 2 is 1.80 bits per heavy atom. The summed E-state index contributed by atoms with van der Waals surface area (Å²) in [6, 6.07) is 10.3. The van der Waals surface area contributed by atoms with E-state index in [-0.39, 0.29) is 0 Å². The van der Waals surface area contributed by atoms with E-state index in [0.29, 0.717) is 5.92 Å². The van der Waals surface area contributed by atoms with E-state index in [1.807, 2.05) is 6.07 Å². The first kappa shape index (κ1) is 9.97. The Balaban J connectivity index is 2.33. The van der Waals surface area contributed by atoms with Gasteiger partial charge >= 0.3 is 0 Å². The molecule has 2 heteroatoms. The van der Waals surface area contributed by atoms with Crippen LogP contribution >= 0.6 is 0 Å². The van der Waals surface area contributed by atoms with Gasteiger partial charge in [-0.3, -0.25) is 0 Å². The molecule has 0 amide bonds. The van der Waals surface area contributed by atoms with Crippen LogP contribution in [0.25, 0.3) is 11.3 Å². The van der Waals surface area contributed by atoms with Crippen LogP contribution in [-0.2, 0) is 0 Å². The Labute approximate surface area is 89.9 Å². The Bertz CT molecular complexity index is 440. The Hall–Kier alpha value is -1.57. The average molecular weight is 201 g/mol. The van der Waals surface area contributed by atoms with Crippen LogP contribution in [0.3, 0.4) is 0 Å². The molecule has 0 unspecified atom stereocenters. The van der Waals surface area contributed by atoms with Crippen molar-refractivity contribution >= 4 is 0 Å². The van der Waals surface area contributed by atoms with Gasteiger partial charge in [0.2, 0.25) is 0 Å². The van der Waals surface area contributed by atoms with Crippen molar-refractivity contribution < 1.29 is 4.52 Å². The molecule has 1 heterocycles. The SMILES string of the molecule is Cc1ccc(-c2cc(C(C)C)on2)cc1. The van der Waals surface area contributed by atoms with Crippen molar-refractivity contribution in [2.45, 2.75) is 26.7 Å². The molecule has 0 saturated carbocycles. The zero-order valence-electron chi connectivity index (χ0n) is 9.32. The number of nitrogens with zero attached hydrogens (tertiary/aromatic N) is 1. The predicted molar refractivity (Wildman–Crippen MR) is 60.8 cm³/mol. The topological polar surface area (TPSA) is 26.0 Å². The van der Waals surface area contributed by atoms with E-state index in [4.69, 9.17) is 4.52 Å². The van der Waals surface area contributed by atoms with Gasteiger partial charge in [-0.25, -0.2) is 0 Å². The van der Waals surface area contributed by atoms with Crippen molar-refractivity contribution in [2.75, 3.05) is 0 Å². The molecule has 1 aromatic carbocycles. The number of benzene rings is 1. The molecule has 0 saturated heterocycles. The molecule has 2 aromatic rings. The third-order valence-corrected chi connectivity index (χ3v) is 2.44. The summed E-state index contributed by atoms with van der Waals surface area (Å²) in [5.74, 6) is 1.32. The average Bonchev–Trinajstić information content (AvgIpc) is 2.68. The lowest BCUT2D eigenvalue weighted by Crippen LogP contribution is -1.80. The largest absolute Gasteiger partial charge is 0.361 e. The Morgan fingerprint density at radius 1 is 1.13 bits per heavy atom. The summed E-state index contributed by atoms with van der Waals surface area (Å²) >= 11 is 0. The van der Waals surface area contributed by atoms with Gasteiger partial charge in [-0.1, -0.05) is 48.8 Å². The van der Waals surface area contributed by atoms with Crippen LogP contribution in [0.5, 0.6) is 0 Å². The number of aryl methyl sites for hydroxylation is 1. The normalized spacial score (nSPS) is 10.9. The summed E-state index contributed by atoms with van der Waals surface area (Å²) in [6.07, 6.45) is 0. The molecule has 0 bridgehead atoms. The maximum Gasteiger partial charge on any atom is 0.139 e. The zero-order valence-corrected chi connectivity index (χ0v) is 9.32. The molecule has 0 atom stereocenters. The minimum Gasteiger partial charge on any atom is -0.361 e. The van der Waals surface area contributed by atoms with E-state index in [1.54, 1.807) is 0 Å². The second kappa shape index (κ2) is 3.89. The monoisotopic (exact) mass is 201 g/mol. The highest BCUT2D eigenvalue weighted by Crippen LogP contribution is 2.23. The van der Waals surface area contributed by atoms with Crippen molar-refractivity contribution in [3.63, 3.8) is 0 Å². The highest BCUT2D eigenvalue weighted by atomic mass is 16.5. The first-order chi connectivity index (χ1) is 7.16. The molecule has 0 N–H and O–H groups in total. The van der Waals surface area contributed by atoms with E-state index in [2.05, 4.69) is 50.2 Å². The smallest absolute Gasteiger partial charge is 0.139 e. The highest BCUT2D eigenvalue weighted by molar-refractivity contribution is 5.59. The summed E-state index contributed by atoms with van der Waals surface area (Å²) in [7, 11) is 0. The summed E-state index contributed by atoms with van der Waals surface area (Å²) in [4.78, 5) is 0. The molecule has 0 fully saturated rings. The standard InChI is InChI=1S/C13H15NO/c1-9(2)13-8-12(14-15-13)11-6-4-10(3)5-7-11/h4-9H,1-3H3. The van der Waals surface area contributed by atoms with Crippen LogP contribution in [-0.4, -0.2) is 5.16 Å². The molecule has 0 spiro atoms. The number of aromatic nitrogens is 1. The molecular formula is C13H15NO. The molecule has 1 aromatic heterocycles. The van der Waals surface area contributed by atoms with E-state index in [0.717, 1.165) is 17.0 Å². The molecule has 15 heavy (non-hydrogen) atoms. The second-order valence-electron chi connectivity index (χ2n) is 4.14. The number of hydrogen-bond donors (Lipinski definition) is 0. The van der Waals surface area contributed by atoms with Crippen molar-refractivity contribution in [3.8, 4) is 11.3 Å². The summed E-state index contributed by atoms with van der Waals surface area (Å²) in [5.41, 5.74) is 3.28. The maximum absolute atomic E-state index is 5.26. The number of rotatable bonds is 2. The van der Waals surface area contributed by atoms with Crippen LogP contribution in [0, 0.1) is 6.92 Å². The highest BCUT2D eigenvalue weighted by Gasteiger charge is 2.08. The van der Waals surface area contributed by atoms with E-state index in [1.165, 1.54) is 5.56 Å². The molecule has 0 aliphatic carbocycles. The van der Waals surface area contributed by atoms with Crippen LogP contribution in [0.4, 0.5) is 0 Å². The molecule has 78 valence electrons. The predicted octanol–water partition coefficient (Wildman–Crippen LogP) is 3.77. The Morgan fingerprint density at radius 3 is 2.33 bits per heavy atom. The van der Waals surface area contributed by atoms with Crippen molar-refractivity contribution in [3.05, 3.63) is 41.7 Å². The molecular weight excluding hydrogens is 186 g/mol. The van der Waals surface area contributed by atoms with Gasteiger partial charge < -0.3 is 4.52 Å². The van der Waals surface area contributed by atoms with E-state index < -0.39 is 0 Å². The van der Waals surface area contributed by atoms with Gasteiger partial charge in [-0.05, 0) is 6.92 Å². The van der Waals surface area contributed by atoms with Gasteiger partial charge in [0.25, 0.3) is 0 Å². The van der Waals surface area contributed by atoms with Gasteiger partial charge in [0.1, 0.15) is 11.5 Å². The Kier molecular flexibility index (Phi) is 2.58. The molecule has 2 rings (SSSR count). The van der Waals surface area contributed by atoms with Crippen molar-refractivity contribution in [1.29, 1.82) is 0 Å². The van der Waals surface area contributed by atoms with Gasteiger partial charge in [-0.2, -0.15) is 0 Å². The van der Waals surface area contributed by atoms with Crippen LogP contribution in [0.15, 0.2) is 34.9 Å². The van der Waals surface area contributed by atoms with E-state index >= 15 is 0 Å². The molecule has 0 radical (unpaired) electrons. The van der Waals surface area contributed by atoms with Gasteiger partial charge in [0.15, 0.2) is 0 Å². The first-order valence-corrected chi connectivity index (χ1v) is 5.20. The van der Waals surface area contributed by atoms with Crippen molar-refractivity contribution in [1.82, 2.24) is 5.16 Å².